The predicted molar refractivity (Wildman–Crippen MR) is 143 cm³/mol. The Morgan fingerprint density at radius 3 is 2.89 bits per heavy atom. The second kappa shape index (κ2) is 9.14. The molecule has 0 unspecified atom stereocenters. The van der Waals surface area contributed by atoms with Gasteiger partial charge in [0, 0.05) is 59.5 Å². The molecule has 1 amide bonds. The Morgan fingerprint density at radius 1 is 1.17 bits per heavy atom. The molecule has 1 saturated heterocycles. The highest BCUT2D eigenvalue weighted by Crippen LogP contribution is 2.41. The first kappa shape index (κ1) is 23.4. The van der Waals surface area contributed by atoms with Gasteiger partial charge in [0.2, 0.25) is 17.0 Å². The molecule has 0 aliphatic carbocycles. The quantitative estimate of drug-likeness (QED) is 0.344. The fraction of sp³-hybridized carbons (Fsp3) is 0.385. The van der Waals surface area contributed by atoms with E-state index in [4.69, 9.17) is 21.3 Å². The minimum Gasteiger partial charge on any atom is -0.420 e. The van der Waals surface area contributed by atoms with Crippen molar-refractivity contribution in [1.82, 2.24) is 25.2 Å². The molecule has 0 bridgehead atoms. The molecule has 186 valence electrons. The van der Waals surface area contributed by atoms with Crippen molar-refractivity contribution in [2.45, 2.75) is 33.2 Å². The Kier molecular flexibility index (Phi) is 5.94. The van der Waals surface area contributed by atoms with E-state index in [1.807, 2.05) is 24.3 Å². The first-order chi connectivity index (χ1) is 17.4. The number of halogens is 1. The molecule has 0 radical (unpaired) electrons. The van der Waals surface area contributed by atoms with Gasteiger partial charge in [-0.05, 0) is 54.6 Å². The van der Waals surface area contributed by atoms with Crippen molar-refractivity contribution in [3.8, 4) is 11.8 Å². The van der Waals surface area contributed by atoms with Crippen molar-refractivity contribution in [2.24, 2.45) is 5.41 Å². The van der Waals surface area contributed by atoms with Crippen molar-refractivity contribution in [3.63, 3.8) is 0 Å². The highest BCUT2D eigenvalue weighted by molar-refractivity contribution is 7.21. The highest BCUT2D eigenvalue weighted by Gasteiger charge is 2.27. The Balaban J connectivity index is 1.33. The zero-order valence-corrected chi connectivity index (χ0v) is 21.8. The van der Waals surface area contributed by atoms with Crippen LogP contribution < -0.4 is 15.4 Å². The largest absolute Gasteiger partial charge is 0.420 e. The van der Waals surface area contributed by atoms with Gasteiger partial charge in [0.1, 0.15) is 4.88 Å². The number of carbonyl (C=O) groups excluding carboxylic acids is 1. The monoisotopic (exact) mass is 522 g/mol. The number of carbonyl (C=O) groups is 1. The Bertz CT molecular complexity index is 1490. The SMILES string of the molecule is CC1(C)CCCN(Cc2cnc(Cl)nc2Oc2ccc3c(ccc4sc5c(c43)NCCNC5=O)n2)C1. The Hall–Kier alpha value is -3.01. The minimum absolute atomic E-state index is 0.0393. The number of fused-ring (bicyclic) bond motifs is 5. The molecule has 6 rings (SSSR count). The lowest BCUT2D eigenvalue weighted by molar-refractivity contribution is 0.0962. The van der Waals surface area contributed by atoms with Gasteiger partial charge >= 0.3 is 0 Å². The van der Waals surface area contributed by atoms with Gasteiger partial charge in [0.15, 0.2) is 0 Å². The van der Waals surface area contributed by atoms with Crippen LogP contribution in [0.25, 0.3) is 21.0 Å². The van der Waals surface area contributed by atoms with E-state index in [1.54, 1.807) is 6.20 Å². The number of aromatic nitrogens is 3. The van der Waals surface area contributed by atoms with Gasteiger partial charge in [-0.1, -0.05) is 13.8 Å². The molecule has 3 aromatic heterocycles. The summed E-state index contributed by atoms with van der Waals surface area (Å²) in [5, 5.41) is 8.48. The van der Waals surface area contributed by atoms with Gasteiger partial charge < -0.3 is 15.4 Å². The number of pyridine rings is 1. The maximum atomic E-state index is 12.5. The summed E-state index contributed by atoms with van der Waals surface area (Å²) in [6, 6.07) is 7.80. The number of rotatable bonds is 4. The molecule has 2 aliphatic heterocycles. The molecule has 1 fully saturated rings. The normalized spacial score (nSPS) is 17.9. The van der Waals surface area contributed by atoms with Gasteiger partial charge in [-0.15, -0.1) is 11.3 Å². The molecule has 0 spiro atoms. The fourth-order valence-electron chi connectivity index (χ4n) is 5.20. The minimum atomic E-state index is -0.0393. The summed E-state index contributed by atoms with van der Waals surface area (Å²) in [5.74, 6) is 0.820. The summed E-state index contributed by atoms with van der Waals surface area (Å²) in [4.78, 5) is 29.0. The summed E-state index contributed by atoms with van der Waals surface area (Å²) in [6.45, 7) is 8.63. The first-order valence-electron chi connectivity index (χ1n) is 12.2. The molecule has 0 atom stereocenters. The van der Waals surface area contributed by atoms with Crippen LogP contribution in [0.1, 0.15) is 41.9 Å². The molecule has 0 saturated carbocycles. The number of nitrogens with one attached hydrogen (secondary N) is 2. The molecule has 10 heteroatoms. The summed E-state index contributed by atoms with van der Waals surface area (Å²) in [7, 11) is 0. The fourth-order valence-corrected chi connectivity index (χ4v) is 6.44. The lowest BCUT2D eigenvalue weighted by Crippen LogP contribution is -2.39. The Labute approximate surface area is 218 Å². The van der Waals surface area contributed by atoms with Gasteiger partial charge in [0.05, 0.1) is 11.2 Å². The molecule has 4 aromatic rings. The number of amides is 1. The van der Waals surface area contributed by atoms with Crippen molar-refractivity contribution >= 4 is 55.5 Å². The van der Waals surface area contributed by atoms with Crippen molar-refractivity contribution in [1.29, 1.82) is 0 Å². The highest BCUT2D eigenvalue weighted by atomic mass is 35.5. The van der Waals surface area contributed by atoms with E-state index in [0.29, 0.717) is 36.3 Å². The molecule has 2 aliphatic rings. The van der Waals surface area contributed by atoms with Crippen LogP contribution in [0.2, 0.25) is 5.28 Å². The van der Waals surface area contributed by atoms with Gasteiger partial charge in [-0.2, -0.15) is 4.98 Å². The zero-order valence-electron chi connectivity index (χ0n) is 20.2. The van der Waals surface area contributed by atoms with Crippen molar-refractivity contribution in [2.75, 3.05) is 31.5 Å². The molecule has 5 heterocycles. The number of thiophene rings is 1. The van der Waals surface area contributed by atoms with E-state index in [9.17, 15) is 4.79 Å². The van der Waals surface area contributed by atoms with Gasteiger partial charge in [-0.3, -0.25) is 9.69 Å². The molecule has 36 heavy (non-hydrogen) atoms. The number of hydrogen-bond acceptors (Lipinski definition) is 8. The number of hydrogen-bond donors (Lipinski definition) is 2. The van der Waals surface area contributed by atoms with Crippen LogP contribution in [0.4, 0.5) is 5.69 Å². The van der Waals surface area contributed by atoms with Crippen LogP contribution in [0.15, 0.2) is 30.5 Å². The number of benzene rings is 1. The molecular formula is C26H27ClN6O2S. The summed E-state index contributed by atoms with van der Waals surface area (Å²) < 4.78 is 7.23. The summed E-state index contributed by atoms with van der Waals surface area (Å²) in [5.41, 5.74) is 2.83. The van der Waals surface area contributed by atoms with Gasteiger partial charge in [-0.25, -0.2) is 9.97 Å². The molecule has 1 aromatic carbocycles. The summed E-state index contributed by atoms with van der Waals surface area (Å²) >= 11 is 7.63. The third-order valence-corrected chi connectivity index (χ3v) is 8.12. The second-order valence-electron chi connectivity index (χ2n) is 10.2. The number of ether oxygens (including phenoxy) is 1. The van der Waals surface area contributed by atoms with Crippen LogP contribution >= 0.6 is 22.9 Å². The number of nitrogens with zero attached hydrogens (tertiary/aromatic N) is 4. The maximum Gasteiger partial charge on any atom is 0.263 e. The van der Waals surface area contributed by atoms with Crippen LogP contribution in [0, 0.1) is 5.41 Å². The van der Waals surface area contributed by atoms with Crippen LogP contribution in [-0.2, 0) is 6.54 Å². The standard InChI is InChI=1S/C26H27ClN6O2S/c1-26(2)8-3-11-33(14-26)13-15-12-30-25(27)32-24(15)35-19-7-4-16-17(31-19)5-6-18-20(16)21-22(36-18)23(34)29-10-9-28-21/h4-7,12,28H,3,8-11,13-14H2,1-2H3,(H,29,34). The lowest BCUT2D eigenvalue weighted by Gasteiger charge is -2.38. The third-order valence-electron chi connectivity index (χ3n) is 6.79. The van der Waals surface area contributed by atoms with Crippen molar-refractivity contribution in [3.05, 3.63) is 46.2 Å². The topological polar surface area (TPSA) is 92.3 Å². The third kappa shape index (κ3) is 4.47. The van der Waals surface area contributed by atoms with Crippen molar-refractivity contribution < 1.29 is 9.53 Å². The molecular weight excluding hydrogens is 496 g/mol. The summed E-state index contributed by atoms with van der Waals surface area (Å²) in [6.07, 6.45) is 4.14. The lowest BCUT2D eigenvalue weighted by atomic mass is 9.84. The first-order valence-corrected chi connectivity index (χ1v) is 13.4. The van der Waals surface area contributed by atoms with E-state index >= 15 is 0 Å². The van der Waals surface area contributed by atoms with E-state index < -0.39 is 0 Å². The van der Waals surface area contributed by atoms with E-state index in [0.717, 1.165) is 45.3 Å². The average Bonchev–Trinajstić information content (AvgIpc) is 3.12. The van der Waals surface area contributed by atoms with E-state index in [-0.39, 0.29) is 16.6 Å². The maximum absolute atomic E-state index is 12.5. The number of anilines is 1. The van der Waals surface area contributed by atoms with Crippen LogP contribution in [-0.4, -0.2) is 51.9 Å². The van der Waals surface area contributed by atoms with Gasteiger partial charge in [0.25, 0.3) is 5.91 Å². The zero-order chi connectivity index (χ0) is 24.9. The van der Waals surface area contributed by atoms with Crippen LogP contribution in [0.5, 0.6) is 11.8 Å². The smallest absolute Gasteiger partial charge is 0.263 e. The van der Waals surface area contributed by atoms with E-state index in [2.05, 4.69) is 39.3 Å². The second-order valence-corrected chi connectivity index (χ2v) is 11.6. The van der Waals surface area contributed by atoms with E-state index in [1.165, 1.54) is 24.2 Å². The predicted octanol–water partition coefficient (Wildman–Crippen LogP) is 5.46. The average molecular weight is 523 g/mol. The number of piperidine rings is 1. The molecule has 8 nitrogen and oxygen atoms in total. The Morgan fingerprint density at radius 2 is 2.03 bits per heavy atom. The number of likely N-dealkylation sites (tertiary alicyclic amines) is 1. The van der Waals surface area contributed by atoms with Crippen LogP contribution in [0.3, 0.4) is 0 Å². The molecule has 2 N–H and O–H groups in total.